The van der Waals surface area contributed by atoms with Crippen LogP contribution in [0, 0.1) is 11.6 Å². The molecule has 2 rings (SSSR count). The molecule has 2 nitrogen and oxygen atoms in total. The van der Waals surface area contributed by atoms with Gasteiger partial charge in [-0.2, -0.15) is 0 Å². The van der Waals surface area contributed by atoms with Crippen LogP contribution in [0.25, 0.3) is 0 Å². The predicted molar refractivity (Wildman–Crippen MR) is 71.6 cm³/mol. The highest BCUT2D eigenvalue weighted by atomic mass is 35.5. The summed E-state index contributed by atoms with van der Waals surface area (Å²) in [5.41, 5.74) is 0.428. The highest BCUT2D eigenvalue weighted by Crippen LogP contribution is 2.21. The van der Waals surface area contributed by atoms with Gasteiger partial charge in [-0.05, 0) is 36.8 Å². The van der Waals surface area contributed by atoms with Crippen molar-refractivity contribution in [2.24, 2.45) is 0 Å². The fourth-order valence-corrected chi connectivity index (χ4v) is 1.81. The van der Waals surface area contributed by atoms with E-state index >= 15 is 0 Å². The van der Waals surface area contributed by atoms with E-state index in [-0.39, 0.29) is 5.56 Å². The summed E-state index contributed by atoms with van der Waals surface area (Å²) >= 11 is 5.76. The van der Waals surface area contributed by atoms with Crippen molar-refractivity contribution in [1.29, 1.82) is 0 Å². The third-order valence-electron chi connectivity index (χ3n) is 2.77. The molecule has 0 saturated heterocycles. The van der Waals surface area contributed by atoms with Gasteiger partial charge in [0.05, 0.1) is 5.56 Å². The molecular weight excluding hydrogens is 286 g/mol. The van der Waals surface area contributed by atoms with Crippen molar-refractivity contribution in [3.8, 4) is 0 Å². The van der Waals surface area contributed by atoms with E-state index in [2.05, 4.69) is 0 Å². The monoisotopic (exact) mass is 296 g/mol. The van der Waals surface area contributed by atoms with Crippen molar-refractivity contribution in [2.45, 2.75) is 13.0 Å². The van der Waals surface area contributed by atoms with Crippen LogP contribution >= 0.6 is 11.6 Å². The Morgan fingerprint density at radius 3 is 2.40 bits per heavy atom. The normalized spacial score (nSPS) is 12.0. The summed E-state index contributed by atoms with van der Waals surface area (Å²) in [5.74, 6) is -2.53. The van der Waals surface area contributed by atoms with Crippen LogP contribution < -0.4 is 0 Å². The van der Waals surface area contributed by atoms with Gasteiger partial charge in [0.25, 0.3) is 0 Å². The zero-order valence-corrected chi connectivity index (χ0v) is 11.3. The summed E-state index contributed by atoms with van der Waals surface area (Å²) in [4.78, 5) is 11.8. The second-order valence-corrected chi connectivity index (χ2v) is 4.66. The fraction of sp³-hybridized carbons (Fsp3) is 0.133. The Morgan fingerprint density at radius 2 is 1.80 bits per heavy atom. The molecule has 104 valence electrons. The Balaban J connectivity index is 2.13. The summed E-state index contributed by atoms with van der Waals surface area (Å²) in [6.07, 6.45) is -0.566. The Morgan fingerprint density at radius 1 is 1.15 bits per heavy atom. The second kappa shape index (κ2) is 6.01. The van der Waals surface area contributed by atoms with Gasteiger partial charge in [-0.1, -0.05) is 23.7 Å². The van der Waals surface area contributed by atoms with Gasteiger partial charge >= 0.3 is 5.97 Å². The van der Waals surface area contributed by atoms with Crippen molar-refractivity contribution < 1.29 is 18.3 Å². The van der Waals surface area contributed by atoms with Gasteiger partial charge in [-0.25, -0.2) is 13.6 Å². The SMILES string of the molecule is CC(OC(=O)c1ccc(F)cc1F)c1ccc(Cl)cc1. The number of carbonyl (C=O) groups excluding carboxylic acids is 1. The zero-order chi connectivity index (χ0) is 14.7. The van der Waals surface area contributed by atoms with E-state index in [1.54, 1.807) is 31.2 Å². The average molecular weight is 297 g/mol. The molecule has 0 heterocycles. The lowest BCUT2D eigenvalue weighted by Gasteiger charge is -2.14. The maximum absolute atomic E-state index is 13.4. The summed E-state index contributed by atoms with van der Waals surface area (Å²) in [5, 5.41) is 0.567. The van der Waals surface area contributed by atoms with E-state index < -0.39 is 23.7 Å². The van der Waals surface area contributed by atoms with E-state index in [1.807, 2.05) is 0 Å². The lowest BCUT2D eigenvalue weighted by Crippen LogP contribution is -2.11. The number of ether oxygens (including phenoxy) is 1. The summed E-state index contributed by atoms with van der Waals surface area (Å²) in [6.45, 7) is 1.66. The maximum atomic E-state index is 13.4. The fourth-order valence-electron chi connectivity index (χ4n) is 1.68. The van der Waals surface area contributed by atoms with E-state index in [1.165, 1.54) is 0 Å². The van der Waals surface area contributed by atoms with Crippen LogP contribution in [-0.4, -0.2) is 5.97 Å². The van der Waals surface area contributed by atoms with Crippen molar-refractivity contribution in [3.05, 3.63) is 70.2 Å². The van der Waals surface area contributed by atoms with Crippen LogP contribution in [-0.2, 0) is 4.74 Å². The Labute approximate surface area is 119 Å². The minimum atomic E-state index is -0.946. The van der Waals surface area contributed by atoms with Crippen molar-refractivity contribution in [3.63, 3.8) is 0 Å². The van der Waals surface area contributed by atoms with E-state index in [0.29, 0.717) is 11.1 Å². The van der Waals surface area contributed by atoms with Gasteiger partial charge in [0.1, 0.15) is 17.7 Å². The minimum Gasteiger partial charge on any atom is -0.454 e. The van der Waals surface area contributed by atoms with Crippen molar-refractivity contribution in [2.75, 3.05) is 0 Å². The van der Waals surface area contributed by atoms with Gasteiger partial charge in [-0.15, -0.1) is 0 Å². The average Bonchev–Trinajstić information content (AvgIpc) is 2.39. The molecule has 2 aromatic rings. The number of hydrogen-bond acceptors (Lipinski definition) is 2. The quantitative estimate of drug-likeness (QED) is 0.778. The molecule has 1 unspecified atom stereocenters. The summed E-state index contributed by atoms with van der Waals surface area (Å²) < 4.78 is 31.4. The predicted octanol–water partition coefficient (Wildman–Crippen LogP) is 4.54. The summed E-state index contributed by atoms with van der Waals surface area (Å²) in [7, 11) is 0. The second-order valence-electron chi connectivity index (χ2n) is 4.22. The van der Waals surface area contributed by atoms with Crippen LogP contribution in [0.4, 0.5) is 8.78 Å². The molecule has 0 aliphatic carbocycles. The van der Waals surface area contributed by atoms with E-state index in [9.17, 15) is 13.6 Å². The van der Waals surface area contributed by atoms with E-state index in [0.717, 1.165) is 17.7 Å². The molecule has 0 radical (unpaired) electrons. The first-order valence-electron chi connectivity index (χ1n) is 5.89. The van der Waals surface area contributed by atoms with Crippen LogP contribution in [0.3, 0.4) is 0 Å². The molecule has 20 heavy (non-hydrogen) atoms. The highest BCUT2D eigenvalue weighted by Gasteiger charge is 2.17. The first kappa shape index (κ1) is 14.5. The Hall–Kier alpha value is -1.94. The number of halogens is 3. The first-order valence-corrected chi connectivity index (χ1v) is 6.26. The topological polar surface area (TPSA) is 26.3 Å². The highest BCUT2D eigenvalue weighted by molar-refractivity contribution is 6.30. The molecule has 1 atom stereocenters. The summed E-state index contributed by atoms with van der Waals surface area (Å²) in [6, 6.07) is 9.46. The molecule has 5 heteroatoms. The van der Waals surface area contributed by atoms with Gasteiger partial charge in [-0.3, -0.25) is 0 Å². The number of hydrogen-bond donors (Lipinski definition) is 0. The lowest BCUT2D eigenvalue weighted by atomic mass is 10.1. The van der Waals surface area contributed by atoms with Crippen LogP contribution in [0.1, 0.15) is 28.9 Å². The van der Waals surface area contributed by atoms with Gasteiger partial charge in [0.15, 0.2) is 0 Å². The molecule has 0 aliphatic heterocycles. The number of carbonyl (C=O) groups is 1. The molecule has 0 amide bonds. The van der Waals surface area contributed by atoms with Crippen LogP contribution in [0.2, 0.25) is 5.02 Å². The zero-order valence-electron chi connectivity index (χ0n) is 10.6. The van der Waals surface area contributed by atoms with Crippen LogP contribution in [0.5, 0.6) is 0 Å². The molecule has 0 N–H and O–H groups in total. The molecule has 0 aromatic heterocycles. The van der Waals surface area contributed by atoms with Gasteiger partial charge in [0, 0.05) is 11.1 Å². The van der Waals surface area contributed by atoms with Gasteiger partial charge in [0.2, 0.25) is 0 Å². The molecule has 2 aromatic carbocycles. The maximum Gasteiger partial charge on any atom is 0.341 e. The van der Waals surface area contributed by atoms with Crippen molar-refractivity contribution >= 4 is 17.6 Å². The number of rotatable bonds is 3. The third-order valence-corrected chi connectivity index (χ3v) is 3.03. The minimum absolute atomic E-state index is 0.299. The molecule has 0 saturated carbocycles. The number of benzene rings is 2. The molecular formula is C15H11ClF2O2. The smallest absolute Gasteiger partial charge is 0.341 e. The Bertz CT molecular complexity index is 626. The van der Waals surface area contributed by atoms with Crippen LogP contribution in [0.15, 0.2) is 42.5 Å². The largest absolute Gasteiger partial charge is 0.454 e. The van der Waals surface area contributed by atoms with E-state index in [4.69, 9.17) is 16.3 Å². The number of esters is 1. The molecule has 0 bridgehead atoms. The van der Waals surface area contributed by atoms with Gasteiger partial charge < -0.3 is 4.74 Å². The van der Waals surface area contributed by atoms with Crippen molar-refractivity contribution in [1.82, 2.24) is 0 Å². The molecule has 0 spiro atoms. The molecule has 0 fully saturated rings. The third kappa shape index (κ3) is 3.33. The standard InChI is InChI=1S/C15H11ClF2O2/c1-9(10-2-4-11(16)5-3-10)20-15(19)13-7-6-12(17)8-14(13)18/h2-9H,1H3. The molecule has 0 aliphatic rings. The first-order chi connectivity index (χ1) is 9.47. The lowest BCUT2D eigenvalue weighted by molar-refractivity contribution is 0.0332. The Kier molecular flexibility index (Phi) is 4.35.